The minimum Gasteiger partial charge on any atom is -0.448 e. The van der Waals surface area contributed by atoms with Crippen LogP contribution < -0.4 is 0 Å². The first-order chi connectivity index (χ1) is 10.8. The summed E-state index contributed by atoms with van der Waals surface area (Å²) < 4.78 is 6.96. The van der Waals surface area contributed by atoms with Crippen LogP contribution in [0.5, 0.6) is 0 Å². The van der Waals surface area contributed by atoms with Crippen molar-refractivity contribution >= 4 is 18.5 Å². The first-order valence-corrected chi connectivity index (χ1v) is 7.33. The lowest BCUT2D eigenvalue weighted by Gasteiger charge is -2.14. The van der Waals surface area contributed by atoms with E-state index in [4.69, 9.17) is 4.74 Å². The number of hydrogen-bond acceptors (Lipinski definition) is 2. The van der Waals surface area contributed by atoms with Crippen molar-refractivity contribution < 1.29 is 9.53 Å². The Bertz CT molecular complexity index is 781. The average Bonchev–Trinajstić information content (AvgIpc) is 3.20. The smallest absolute Gasteiger partial charge is 0.417 e. The van der Waals surface area contributed by atoms with Crippen LogP contribution in [0.4, 0.5) is 4.79 Å². The molecule has 0 atom stereocenters. The standard InChI is InChI=1S/C19H15NO2.ClH/c21-19(20-11-5-6-12-20)22-13-18-16-9-3-1-7-14(16)15-8-2-4-10-17(15)18;/h1-12,18H,13H2;1H. The number of halogens is 1. The van der Waals surface area contributed by atoms with Gasteiger partial charge in [0.15, 0.2) is 0 Å². The number of carbonyl (C=O) groups excluding carboxylic acids is 1. The maximum Gasteiger partial charge on any atom is 0.417 e. The number of carbonyl (C=O) groups is 1. The minimum absolute atomic E-state index is 0. The number of hydrogen-bond donors (Lipinski definition) is 0. The molecule has 3 nitrogen and oxygen atoms in total. The Labute approximate surface area is 140 Å². The summed E-state index contributed by atoms with van der Waals surface area (Å²) in [6.45, 7) is 0.352. The van der Waals surface area contributed by atoms with E-state index in [2.05, 4.69) is 24.3 Å². The summed E-state index contributed by atoms with van der Waals surface area (Å²) in [5.41, 5.74) is 4.92. The summed E-state index contributed by atoms with van der Waals surface area (Å²) in [4.78, 5) is 12.0. The van der Waals surface area contributed by atoms with Gasteiger partial charge in [-0.2, -0.15) is 0 Å². The fraction of sp³-hybridized carbons (Fsp3) is 0.105. The predicted molar refractivity (Wildman–Crippen MR) is 92.1 cm³/mol. The molecule has 23 heavy (non-hydrogen) atoms. The van der Waals surface area contributed by atoms with Crippen molar-refractivity contribution in [1.82, 2.24) is 4.57 Å². The molecule has 0 bridgehead atoms. The number of benzene rings is 2. The molecule has 116 valence electrons. The first kappa shape index (κ1) is 15.4. The molecular weight excluding hydrogens is 310 g/mol. The molecular formula is C19H16ClNO2. The van der Waals surface area contributed by atoms with E-state index in [1.807, 2.05) is 24.3 Å². The summed E-state index contributed by atoms with van der Waals surface area (Å²) in [6, 6.07) is 20.3. The van der Waals surface area contributed by atoms with E-state index in [0.717, 1.165) is 0 Å². The van der Waals surface area contributed by atoms with Gasteiger partial charge in [0.25, 0.3) is 0 Å². The summed E-state index contributed by atoms with van der Waals surface area (Å²) in [6.07, 6.45) is 3.05. The quantitative estimate of drug-likeness (QED) is 0.683. The molecule has 0 unspecified atom stereocenters. The van der Waals surface area contributed by atoms with Crippen LogP contribution in [0.3, 0.4) is 0 Å². The van der Waals surface area contributed by atoms with Gasteiger partial charge in [0.05, 0.1) is 0 Å². The molecule has 0 saturated heterocycles. The van der Waals surface area contributed by atoms with Gasteiger partial charge in [-0.25, -0.2) is 4.79 Å². The SMILES string of the molecule is Cl.O=C(OCC1c2ccccc2-c2ccccc21)n1cccc1. The zero-order valence-corrected chi connectivity index (χ0v) is 13.2. The van der Waals surface area contributed by atoms with Gasteiger partial charge < -0.3 is 4.74 Å². The monoisotopic (exact) mass is 325 g/mol. The normalized spacial score (nSPS) is 12.2. The molecule has 0 spiro atoms. The fourth-order valence-corrected chi connectivity index (χ4v) is 3.12. The van der Waals surface area contributed by atoms with Gasteiger partial charge >= 0.3 is 6.09 Å². The zero-order valence-electron chi connectivity index (χ0n) is 12.4. The summed E-state index contributed by atoms with van der Waals surface area (Å²) in [7, 11) is 0. The highest BCUT2D eigenvalue weighted by atomic mass is 35.5. The number of rotatable bonds is 2. The molecule has 1 heterocycles. The molecule has 2 aromatic carbocycles. The molecule has 0 fully saturated rings. The van der Waals surface area contributed by atoms with E-state index in [9.17, 15) is 4.79 Å². The van der Waals surface area contributed by atoms with Crippen LogP contribution in [0, 0.1) is 0 Å². The Morgan fingerprint density at radius 2 is 1.39 bits per heavy atom. The highest BCUT2D eigenvalue weighted by Gasteiger charge is 2.28. The van der Waals surface area contributed by atoms with Gasteiger partial charge in [0.2, 0.25) is 0 Å². The van der Waals surface area contributed by atoms with Gasteiger partial charge in [-0.3, -0.25) is 4.57 Å². The second kappa shape index (κ2) is 6.31. The molecule has 4 heteroatoms. The second-order valence-corrected chi connectivity index (χ2v) is 5.39. The number of ether oxygens (including phenoxy) is 1. The molecule has 4 rings (SSSR count). The Hall–Kier alpha value is -2.52. The van der Waals surface area contributed by atoms with E-state index in [-0.39, 0.29) is 24.4 Å². The van der Waals surface area contributed by atoms with Gasteiger partial charge in [-0.15, -0.1) is 12.4 Å². The Kier molecular flexibility index (Phi) is 4.22. The van der Waals surface area contributed by atoms with Crippen molar-refractivity contribution in [3.63, 3.8) is 0 Å². The van der Waals surface area contributed by atoms with E-state index in [1.165, 1.54) is 26.8 Å². The van der Waals surface area contributed by atoms with E-state index in [1.54, 1.807) is 24.5 Å². The molecule has 0 radical (unpaired) electrons. The number of aromatic nitrogens is 1. The van der Waals surface area contributed by atoms with Crippen LogP contribution in [0.15, 0.2) is 73.1 Å². The maximum absolute atomic E-state index is 12.0. The third-order valence-electron chi connectivity index (χ3n) is 4.15. The molecule has 0 aliphatic heterocycles. The van der Waals surface area contributed by atoms with Crippen molar-refractivity contribution in [2.24, 2.45) is 0 Å². The Morgan fingerprint density at radius 3 is 1.96 bits per heavy atom. The summed E-state index contributed by atoms with van der Waals surface area (Å²) in [5.74, 6) is 0.104. The number of fused-ring (bicyclic) bond motifs is 3. The lowest BCUT2D eigenvalue weighted by atomic mass is 9.98. The largest absolute Gasteiger partial charge is 0.448 e. The van der Waals surface area contributed by atoms with Gasteiger partial charge in [0.1, 0.15) is 6.61 Å². The molecule has 1 aliphatic rings. The van der Waals surface area contributed by atoms with Crippen molar-refractivity contribution in [2.75, 3.05) is 6.61 Å². The third kappa shape index (κ3) is 2.64. The van der Waals surface area contributed by atoms with Crippen molar-refractivity contribution in [2.45, 2.75) is 5.92 Å². The van der Waals surface area contributed by atoms with E-state index < -0.39 is 0 Å². The minimum atomic E-state index is -0.341. The molecule has 0 saturated carbocycles. The lowest BCUT2D eigenvalue weighted by Crippen LogP contribution is -2.16. The Balaban J connectivity index is 0.00000156. The van der Waals surface area contributed by atoms with E-state index in [0.29, 0.717) is 6.61 Å². The number of nitrogens with zero attached hydrogens (tertiary/aromatic N) is 1. The van der Waals surface area contributed by atoms with Gasteiger partial charge in [-0.05, 0) is 34.4 Å². The molecule has 0 N–H and O–H groups in total. The van der Waals surface area contributed by atoms with Crippen LogP contribution in [-0.2, 0) is 4.74 Å². The predicted octanol–water partition coefficient (Wildman–Crippen LogP) is 4.71. The van der Waals surface area contributed by atoms with Gasteiger partial charge in [-0.1, -0.05) is 48.5 Å². The first-order valence-electron chi connectivity index (χ1n) is 7.33. The van der Waals surface area contributed by atoms with Gasteiger partial charge in [0, 0.05) is 18.3 Å². The van der Waals surface area contributed by atoms with Crippen molar-refractivity contribution in [3.8, 4) is 11.1 Å². The molecule has 0 amide bonds. The highest BCUT2D eigenvalue weighted by Crippen LogP contribution is 2.44. The molecule has 1 aliphatic carbocycles. The van der Waals surface area contributed by atoms with Crippen LogP contribution >= 0.6 is 12.4 Å². The summed E-state index contributed by atoms with van der Waals surface area (Å²) in [5, 5.41) is 0. The zero-order chi connectivity index (χ0) is 14.9. The second-order valence-electron chi connectivity index (χ2n) is 5.39. The lowest BCUT2D eigenvalue weighted by molar-refractivity contribution is 0.144. The molecule has 3 aromatic rings. The van der Waals surface area contributed by atoms with Crippen molar-refractivity contribution in [3.05, 3.63) is 84.2 Å². The van der Waals surface area contributed by atoms with Crippen LogP contribution in [0.1, 0.15) is 17.0 Å². The van der Waals surface area contributed by atoms with Crippen molar-refractivity contribution in [1.29, 1.82) is 0 Å². The van der Waals surface area contributed by atoms with E-state index >= 15 is 0 Å². The third-order valence-corrected chi connectivity index (χ3v) is 4.15. The highest BCUT2D eigenvalue weighted by molar-refractivity contribution is 5.85. The Morgan fingerprint density at radius 1 is 0.870 bits per heavy atom. The van der Waals surface area contributed by atoms with Crippen LogP contribution in [0.25, 0.3) is 11.1 Å². The van der Waals surface area contributed by atoms with Crippen LogP contribution in [-0.4, -0.2) is 17.3 Å². The summed E-state index contributed by atoms with van der Waals surface area (Å²) >= 11 is 0. The topological polar surface area (TPSA) is 31.2 Å². The maximum atomic E-state index is 12.0. The average molecular weight is 326 g/mol. The van der Waals surface area contributed by atoms with Crippen LogP contribution in [0.2, 0.25) is 0 Å². The molecule has 1 aromatic heterocycles. The fourth-order valence-electron chi connectivity index (χ4n) is 3.12.